The molecule has 1 N–H and O–H groups in total. The van der Waals surface area contributed by atoms with E-state index in [1.54, 1.807) is 23.0 Å². The van der Waals surface area contributed by atoms with E-state index in [9.17, 15) is 4.79 Å². The van der Waals surface area contributed by atoms with Crippen LogP contribution < -0.4 is 5.32 Å². The van der Waals surface area contributed by atoms with Gasteiger partial charge in [0.15, 0.2) is 0 Å². The van der Waals surface area contributed by atoms with E-state index in [0.717, 1.165) is 22.6 Å². The number of halogens is 2. The molecule has 26 heavy (non-hydrogen) atoms. The standard InChI is InChI=1S/C18H19Cl2N5O/c1-11-6-7-24(22-11)10-17(26)21-18-12(2)23-25(13(18)3)9-14-4-5-15(19)8-16(14)20/h4-8H,9-10H2,1-3H3,(H,21,26). The first-order chi connectivity index (χ1) is 12.3. The van der Waals surface area contributed by atoms with Crippen molar-refractivity contribution < 1.29 is 4.79 Å². The fraction of sp³-hybridized carbons (Fsp3) is 0.278. The lowest BCUT2D eigenvalue weighted by Crippen LogP contribution is -2.20. The van der Waals surface area contributed by atoms with Crippen molar-refractivity contribution in [1.29, 1.82) is 0 Å². The molecule has 0 aliphatic carbocycles. The van der Waals surface area contributed by atoms with Gasteiger partial charge in [0.25, 0.3) is 0 Å². The summed E-state index contributed by atoms with van der Waals surface area (Å²) in [6, 6.07) is 7.24. The lowest BCUT2D eigenvalue weighted by molar-refractivity contribution is -0.116. The Bertz CT molecular complexity index is 961. The summed E-state index contributed by atoms with van der Waals surface area (Å²) in [5, 5.41) is 12.9. The summed E-state index contributed by atoms with van der Waals surface area (Å²) in [4.78, 5) is 12.3. The third-order valence-corrected chi connectivity index (χ3v) is 4.65. The van der Waals surface area contributed by atoms with Crippen LogP contribution in [0.3, 0.4) is 0 Å². The highest BCUT2D eigenvalue weighted by Crippen LogP contribution is 2.25. The Hall–Kier alpha value is -2.31. The summed E-state index contributed by atoms with van der Waals surface area (Å²) < 4.78 is 3.42. The molecule has 0 fully saturated rings. The number of nitrogens with one attached hydrogen (secondary N) is 1. The molecule has 0 aliphatic rings. The number of amides is 1. The van der Waals surface area contributed by atoms with Gasteiger partial charge in [-0.1, -0.05) is 29.3 Å². The first-order valence-corrected chi connectivity index (χ1v) is 8.87. The lowest BCUT2D eigenvalue weighted by Gasteiger charge is -2.09. The average Bonchev–Trinajstić information content (AvgIpc) is 3.08. The Kier molecular flexibility index (Phi) is 5.34. The number of carbonyl (C=O) groups excluding carboxylic acids is 1. The number of hydrogen-bond acceptors (Lipinski definition) is 3. The third kappa shape index (κ3) is 4.08. The van der Waals surface area contributed by atoms with Crippen molar-refractivity contribution in [3.63, 3.8) is 0 Å². The third-order valence-electron chi connectivity index (χ3n) is 4.06. The van der Waals surface area contributed by atoms with Crippen LogP contribution in [0.15, 0.2) is 30.5 Å². The minimum atomic E-state index is -0.150. The van der Waals surface area contributed by atoms with Gasteiger partial charge >= 0.3 is 0 Å². The molecule has 3 aromatic rings. The van der Waals surface area contributed by atoms with Gasteiger partial charge in [-0.25, -0.2) is 0 Å². The molecule has 3 rings (SSSR count). The van der Waals surface area contributed by atoms with Crippen LogP contribution in [0.2, 0.25) is 10.0 Å². The largest absolute Gasteiger partial charge is 0.321 e. The smallest absolute Gasteiger partial charge is 0.246 e. The van der Waals surface area contributed by atoms with Crippen molar-refractivity contribution in [2.24, 2.45) is 0 Å². The van der Waals surface area contributed by atoms with Crippen LogP contribution in [0.4, 0.5) is 5.69 Å². The minimum absolute atomic E-state index is 0.150. The van der Waals surface area contributed by atoms with Gasteiger partial charge in [-0.05, 0) is 44.5 Å². The van der Waals surface area contributed by atoms with Gasteiger partial charge in [0.05, 0.1) is 29.3 Å². The molecule has 1 amide bonds. The molecular formula is C18H19Cl2N5O. The zero-order valence-electron chi connectivity index (χ0n) is 14.8. The summed E-state index contributed by atoms with van der Waals surface area (Å²) in [6.07, 6.45) is 1.78. The fourth-order valence-electron chi connectivity index (χ4n) is 2.72. The fourth-order valence-corrected chi connectivity index (χ4v) is 3.19. The first-order valence-electron chi connectivity index (χ1n) is 8.11. The molecule has 0 unspecified atom stereocenters. The Morgan fingerprint density at radius 3 is 2.58 bits per heavy atom. The molecule has 0 saturated carbocycles. The van der Waals surface area contributed by atoms with Gasteiger partial charge in [0.2, 0.25) is 5.91 Å². The predicted molar refractivity (Wildman–Crippen MR) is 103 cm³/mol. The molecule has 0 bridgehead atoms. The van der Waals surface area contributed by atoms with E-state index in [0.29, 0.717) is 22.3 Å². The maximum Gasteiger partial charge on any atom is 0.246 e. The summed E-state index contributed by atoms with van der Waals surface area (Å²) >= 11 is 12.2. The van der Waals surface area contributed by atoms with E-state index < -0.39 is 0 Å². The Morgan fingerprint density at radius 2 is 1.92 bits per heavy atom. The second kappa shape index (κ2) is 7.51. The molecule has 8 heteroatoms. The summed E-state index contributed by atoms with van der Waals surface area (Å²) in [5.74, 6) is -0.150. The van der Waals surface area contributed by atoms with E-state index in [-0.39, 0.29) is 12.5 Å². The van der Waals surface area contributed by atoms with Gasteiger partial charge in [0.1, 0.15) is 6.54 Å². The normalized spacial score (nSPS) is 11.0. The molecule has 6 nitrogen and oxygen atoms in total. The molecule has 0 aliphatic heterocycles. The average molecular weight is 392 g/mol. The number of anilines is 1. The molecule has 0 atom stereocenters. The zero-order valence-corrected chi connectivity index (χ0v) is 16.3. The topological polar surface area (TPSA) is 64.7 Å². The number of rotatable bonds is 5. The zero-order chi connectivity index (χ0) is 18.8. The van der Waals surface area contributed by atoms with Crippen LogP contribution in [0.25, 0.3) is 0 Å². The molecule has 0 saturated heterocycles. The summed E-state index contributed by atoms with van der Waals surface area (Å²) in [7, 11) is 0. The highest BCUT2D eigenvalue weighted by molar-refractivity contribution is 6.35. The Balaban J connectivity index is 1.76. The quantitative estimate of drug-likeness (QED) is 0.714. The number of carbonyl (C=O) groups is 1. The predicted octanol–water partition coefficient (Wildman–Crippen LogP) is 4.00. The molecule has 2 aromatic heterocycles. The Labute approximate surface area is 161 Å². The second-order valence-corrected chi connectivity index (χ2v) is 6.99. The van der Waals surface area contributed by atoms with Gasteiger partial charge in [-0.15, -0.1) is 0 Å². The number of nitrogens with zero attached hydrogens (tertiary/aromatic N) is 4. The molecular weight excluding hydrogens is 373 g/mol. The van der Waals surface area contributed by atoms with Crippen molar-refractivity contribution >= 4 is 34.8 Å². The van der Waals surface area contributed by atoms with Crippen LogP contribution >= 0.6 is 23.2 Å². The van der Waals surface area contributed by atoms with Crippen LogP contribution in [-0.2, 0) is 17.9 Å². The highest BCUT2D eigenvalue weighted by Gasteiger charge is 2.15. The van der Waals surface area contributed by atoms with E-state index in [1.165, 1.54) is 0 Å². The monoisotopic (exact) mass is 391 g/mol. The first kappa shape index (κ1) is 18.5. The van der Waals surface area contributed by atoms with Crippen molar-refractivity contribution in [2.75, 3.05) is 5.32 Å². The van der Waals surface area contributed by atoms with Crippen LogP contribution in [-0.4, -0.2) is 25.5 Å². The minimum Gasteiger partial charge on any atom is -0.321 e. The van der Waals surface area contributed by atoms with Gasteiger partial charge < -0.3 is 5.32 Å². The number of aromatic nitrogens is 4. The van der Waals surface area contributed by atoms with Gasteiger partial charge in [0, 0.05) is 16.2 Å². The molecule has 0 spiro atoms. The van der Waals surface area contributed by atoms with Crippen molar-refractivity contribution in [2.45, 2.75) is 33.9 Å². The molecule has 1 aromatic carbocycles. The SMILES string of the molecule is Cc1ccn(CC(=O)Nc2c(C)nn(Cc3ccc(Cl)cc3Cl)c2C)n1. The second-order valence-electron chi connectivity index (χ2n) is 6.14. The molecule has 0 radical (unpaired) electrons. The van der Waals surface area contributed by atoms with Crippen LogP contribution in [0, 0.1) is 20.8 Å². The van der Waals surface area contributed by atoms with Crippen LogP contribution in [0.1, 0.15) is 22.6 Å². The van der Waals surface area contributed by atoms with Crippen molar-refractivity contribution in [3.05, 3.63) is 63.2 Å². The van der Waals surface area contributed by atoms with E-state index in [4.69, 9.17) is 23.2 Å². The summed E-state index contributed by atoms with van der Waals surface area (Å²) in [6.45, 7) is 6.31. The van der Waals surface area contributed by atoms with Crippen molar-refractivity contribution in [3.8, 4) is 0 Å². The Morgan fingerprint density at radius 1 is 1.15 bits per heavy atom. The lowest BCUT2D eigenvalue weighted by atomic mass is 10.2. The van der Waals surface area contributed by atoms with E-state index in [1.807, 2.05) is 37.6 Å². The molecule has 136 valence electrons. The highest BCUT2D eigenvalue weighted by atomic mass is 35.5. The van der Waals surface area contributed by atoms with Crippen LogP contribution in [0.5, 0.6) is 0 Å². The maximum atomic E-state index is 12.3. The number of benzene rings is 1. The van der Waals surface area contributed by atoms with Crippen molar-refractivity contribution in [1.82, 2.24) is 19.6 Å². The summed E-state index contributed by atoms with van der Waals surface area (Å²) in [5.41, 5.74) is 4.10. The van der Waals surface area contributed by atoms with Gasteiger partial charge in [-0.3, -0.25) is 14.2 Å². The number of hydrogen-bond donors (Lipinski definition) is 1. The molecule has 2 heterocycles. The van der Waals surface area contributed by atoms with E-state index in [2.05, 4.69) is 15.5 Å². The van der Waals surface area contributed by atoms with E-state index >= 15 is 0 Å². The maximum absolute atomic E-state index is 12.3. The van der Waals surface area contributed by atoms with Gasteiger partial charge in [-0.2, -0.15) is 10.2 Å². The number of aryl methyl sites for hydroxylation is 2.